The molecule has 0 amide bonds. The van der Waals surface area contributed by atoms with Crippen molar-refractivity contribution in [2.75, 3.05) is 45.5 Å². The molecule has 0 radical (unpaired) electrons. The molecule has 1 heterocycles. The molecule has 0 aromatic heterocycles. The van der Waals surface area contributed by atoms with Crippen molar-refractivity contribution in [3.05, 3.63) is 29.8 Å². The molecule has 2 N–H and O–H groups in total. The molecule has 0 atom stereocenters. The van der Waals surface area contributed by atoms with E-state index in [0.29, 0.717) is 0 Å². The Labute approximate surface area is 111 Å². The van der Waals surface area contributed by atoms with Crippen molar-refractivity contribution in [1.29, 1.82) is 0 Å². The number of aryl methyl sites for hydroxylation is 1. The number of likely N-dealkylation sites (N-methyl/N-ethyl adjacent to an activating group) is 1. The highest BCUT2D eigenvalue weighted by atomic mass is 15.2. The predicted molar refractivity (Wildman–Crippen MR) is 77.7 cm³/mol. The van der Waals surface area contributed by atoms with Crippen molar-refractivity contribution >= 4 is 5.69 Å². The standard InChI is InChI=1S/C15H25N3/c1-17-9-5-11-18(13-12-17)10-4-7-14-6-2-3-8-15(14)16/h2-3,6,8H,4-5,7,9-13,16H2,1H3. The Balaban J connectivity index is 1.73. The monoisotopic (exact) mass is 247 g/mol. The lowest BCUT2D eigenvalue weighted by Gasteiger charge is -2.20. The quantitative estimate of drug-likeness (QED) is 0.824. The summed E-state index contributed by atoms with van der Waals surface area (Å²) in [6, 6.07) is 8.22. The third kappa shape index (κ3) is 4.00. The SMILES string of the molecule is CN1CCCN(CCCc2ccccc2N)CC1. The number of nitrogens with zero attached hydrogens (tertiary/aromatic N) is 2. The van der Waals surface area contributed by atoms with Crippen LogP contribution in [0.2, 0.25) is 0 Å². The molecule has 0 unspecified atom stereocenters. The summed E-state index contributed by atoms with van der Waals surface area (Å²) < 4.78 is 0. The average molecular weight is 247 g/mol. The molecule has 1 aliphatic rings. The van der Waals surface area contributed by atoms with E-state index in [1.165, 1.54) is 51.1 Å². The van der Waals surface area contributed by atoms with Crippen LogP contribution in [0.4, 0.5) is 5.69 Å². The smallest absolute Gasteiger partial charge is 0.0346 e. The zero-order chi connectivity index (χ0) is 12.8. The number of anilines is 1. The van der Waals surface area contributed by atoms with E-state index in [4.69, 9.17) is 5.73 Å². The second kappa shape index (κ2) is 6.76. The van der Waals surface area contributed by atoms with Gasteiger partial charge in [0.05, 0.1) is 0 Å². The van der Waals surface area contributed by atoms with Gasteiger partial charge in [0.2, 0.25) is 0 Å². The summed E-state index contributed by atoms with van der Waals surface area (Å²) in [6.07, 6.45) is 3.60. The maximum atomic E-state index is 5.96. The number of nitrogen functional groups attached to an aromatic ring is 1. The predicted octanol–water partition coefficient (Wildman–Crippen LogP) is 1.84. The maximum Gasteiger partial charge on any atom is 0.0346 e. The van der Waals surface area contributed by atoms with E-state index in [-0.39, 0.29) is 0 Å². The van der Waals surface area contributed by atoms with Crippen LogP contribution in [0.15, 0.2) is 24.3 Å². The number of hydrogen-bond donors (Lipinski definition) is 1. The van der Waals surface area contributed by atoms with Crippen molar-refractivity contribution in [2.45, 2.75) is 19.3 Å². The molecule has 3 nitrogen and oxygen atoms in total. The van der Waals surface area contributed by atoms with Gasteiger partial charge in [0.25, 0.3) is 0 Å². The lowest BCUT2D eigenvalue weighted by atomic mass is 10.1. The first-order valence-corrected chi connectivity index (χ1v) is 7.00. The Morgan fingerprint density at radius 2 is 1.94 bits per heavy atom. The number of rotatable bonds is 4. The van der Waals surface area contributed by atoms with Gasteiger partial charge in [-0.15, -0.1) is 0 Å². The molecule has 3 heteroatoms. The van der Waals surface area contributed by atoms with E-state index >= 15 is 0 Å². The molecule has 0 saturated carbocycles. The number of para-hydroxylation sites is 1. The fourth-order valence-electron chi connectivity index (χ4n) is 2.58. The Bertz CT molecular complexity index is 365. The molecule has 100 valence electrons. The summed E-state index contributed by atoms with van der Waals surface area (Å²) in [7, 11) is 2.22. The van der Waals surface area contributed by atoms with Gasteiger partial charge in [0, 0.05) is 18.8 Å². The van der Waals surface area contributed by atoms with Crippen LogP contribution >= 0.6 is 0 Å². The molecule has 1 aromatic rings. The van der Waals surface area contributed by atoms with Crippen molar-refractivity contribution in [3.63, 3.8) is 0 Å². The highest BCUT2D eigenvalue weighted by molar-refractivity contribution is 5.46. The summed E-state index contributed by atoms with van der Waals surface area (Å²) in [5.41, 5.74) is 8.20. The van der Waals surface area contributed by atoms with Gasteiger partial charge in [-0.05, 0) is 57.6 Å². The fourth-order valence-corrected chi connectivity index (χ4v) is 2.58. The Morgan fingerprint density at radius 3 is 2.78 bits per heavy atom. The van der Waals surface area contributed by atoms with Crippen molar-refractivity contribution in [2.24, 2.45) is 0 Å². The Kier molecular flexibility index (Phi) is 5.02. The summed E-state index contributed by atoms with van der Waals surface area (Å²) in [5, 5.41) is 0. The normalized spacial score (nSPS) is 18.7. The molecular formula is C15H25N3. The van der Waals surface area contributed by atoms with Gasteiger partial charge in [0.15, 0.2) is 0 Å². The van der Waals surface area contributed by atoms with Crippen LogP contribution in [0.1, 0.15) is 18.4 Å². The molecule has 0 spiro atoms. The summed E-state index contributed by atoms with van der Waals surface area (Å²) >= 11 is 0. The van der Waals surface area contributed by atoms with E-state index in [2.05, 4.69) is 29.0 Å². The molecule has 0 aliphatic carbocycles. The fraction of sp³-hybridized carbons (Fsp3) is 0.600. The highest BCUT2D eigenvalue weighted by Crippen LogP contribution is 2.13. The van der Waals surface area contributed by atoms with Crippen LogP contribution < -0.4 is 5.73 Å². The van der Waals surface area contributed by atoms with Gasteiger partial charge in [-0.3, -0.25) is 0 Å². The lowest BCUT2D eigenvalue weighted by Crippen LogP contribution is -2.30. The summed E-state index contributed by atoms with van der Waals surface area (Å²) in [6.45, 7) is 6.09. The molecule has 18 heavy (non-hydrogen) atoms. The van der Waals surface area contributed by atoms with E-state index < -0.39 is 0 Å². The highest BCUT2D eigenvalue weighted by Gasteiger charge is 2.11. The molecule has 2 rings (SSSR count). The zero-order valence-electron chi connectivity index (χ0n) is 11.4. The van der Waals surface area contributed by atoms with Crippen LogP contribution in [-0.2, 0) is 6.42 Å². The maximum absolute atomic E-state index is 5.96. The number of benzene rings is 1. The number of hydrogen-bond acceptors (Lipinski definition) is 3. The van der Waals surface area contributed by atoms with Crippen molar-refractivity contribution in [1.82, 2.24) is 9.80 Å². The van der Waals surface area contributed by atoms with Crippen molar-refractivity contribution < 1.29 is 0 Å². The van der Waals surface area contributed by atoms with Crippen LogP contribution in [0.3, 0.4) is 0 Å². The van der Waals surface area contributed by atoms with Gasteiger partial charge in [-0.2, -0.15) is 0 Å². The van der Waals surface area contributed by atoms with Gasteiger partial charge in [-0.1, -0.05) is 18.2 Å². The second-order valence-electron chi connectivity index (χ2n) is 5.30. The van der Waals surface area contributed by atoms with Crippen LogP contribution in [-0.4, -0.2) is 49.6 Å². The first-order chi connectivity index (χ1) is 8.75. The lowest BCUT2D eigenvalue weighted by molar-refractivity contribution is 0.273. The Hall–Kier alpha value is -1.06. The largest absolute Gasteiger partial charge is 0.399 e. The van der Waals surface area contributed by atoms with Gasteiger partial charge in [-0.25, -0.2) is 0 Å². The van der Waals surface area contributed by atoms with E-state index in [1.54, 1.807) is 0 Å². The third-order valence-corrected chi connectivity index (χ3v) is 3.79. The first-order valence-electron chi connectivity index (χ1n) is 7.00. The van der Waals surface area contributed by atoms with Crippen LogP contribution in [0, 0.1) is 0 Å². The van der Waals surface area contributed by atoms with Gasteiger partial charge < -0.3 is 15.5 Å². The van der Waals surface area contributed by atoms with Crippen LogP contribution in [0.5, 0.6) is 0 Å². The van der Waals surface area contributed by atoms with E-state index in [9.17, 15) is 0 Å². The minimum atomic E-state index is 0.938. The molecule has 1 saturated heterocycles. The minimum Gasteiger partial charge on any atom is -0.399 e. The van der Waals surface area contributed by atoms with Crippen LogP contribution in [0.25, 0.3) is 0 Å². The molecule has 1 fully saturated rings. The molecule has 0 bridgehead atoms. The Morgan fingerprint density at radius 1 is 1.11 bits per heavy atom. The topological polar surface area (TPSA) is 32.5 Å². The minimum absolute atomic E-state index is 0.938. The van der Waals surface area contributed by atoms with Gasteiger partial charge in [0.1, 0.15) is 0 Å². The average Bonchev–Trinajstić information content (AvgIpc) is 2.57. The van der Waals surface area contributed by atoms with E-state index in [0.717, 1.165) is 12.1 Å². The molecule has 1 aromatic carbocycles. The van der Waals surface area contributed by atoms with E-state index in [1.807, 2.05) is 12.1 Å². The third-order valence-electron chi connectivity index (χ3n) is 3.79. The van der Waals surface area contributed by atoms with Gasteiger partial charge >= 0.3 is 0 Å². The summed E-state index contributed by atoms with van der Waals surface area (Å²) in [4.78, 5) is 5.01. The summed E-state index contributed by atoms with van der Waals surface area (Å²) in [5.74, 6) is 0. The zero-order valence-corrected chi connectivity index (χ0v) is 11.4. The second-order valence-corrected chi connectivity index (χ2v) is 5.30. The first kappa shape index (κ1) is 13.4. The number of nitrogens with two attached hydrogens (primary N) is 1. The van der Waals surface area contributed by atoms with Crippen molar-refractivity contribution in [3.8, 4) is 0 Å². The molecule has 1 aliphatic heterocycles. The molecular weight excluding hydrogens is 222 g/mol.